The number of aliphatic hydroxyl groups is 2. The molecule has 0 amide bonds. The van der Waals surface area contributed by atoms with E-state index in [1.54, 1.807) is 6.33 Å². The number of aliphatic hydroxyl groups excluding tert-OH is 2. The van der Waals surface area contributed by atoms with Crippen molar-refractivity contribution in [3.05, 3.63) is 48.2 Å². The van der Waals surface area contributed by atoms with Crippen molar-refractivity contribution in [1.82, 2.24) is 19.5 Å². The molecule has 29 heavy (non-hydrogen) atoms. The monoisotopic (exact) mass is 413 g/mol. The molecule has 1 saturated carbocycles. The van der Waals surface area contributed by atoms with E-state index in [0.29, 0.717) is 24.1 Å². The van der Waals surface area contributed by atoms with E-state index in [2.05, 4.69) is 26.3 Å². The smallest absolute Gasteiger partial charge is 0.184 e. The maximum atomic E-state index is 13.3. The molecule has 3 aromatic heterocycles. The zero-order valence-electron chi connectivity index (χ0n) is 15.5. The van der Waals surface area contributed by atoms with E-state index in [4.69, 9.17) is 0 Å². The molecular formula is C20H20FN5O2S. The topological polar surface area (TPSA) is 96.1 Å². The molecule has 3 atom stereocenters. The van der Waals surface area contributed by atoms with Gasteiger partial charge in [-0.2, -0.15) is 0 Å². The van der Waals surface area contributed by atoms with Crippen LogP contribution in [0, 0.1) is 5.82 Å². The maximum Gasteiger partial charge on any atom is 0.184 e. The number of halogens is 1. The lowest BCUT2D eigenvalue weighted by Gasteiger charge is -2.32. The van der Waals surface area contributed by atoms with Crippen molar-refractivity contribution in [3.63, 3.8) is 0 Å². The number of benzene rings is 1. The lowest BCUT2D eigenvalue weighted by Crippen LogP contribution is -2.45. The van der Waals surface area contributed by atoms with Crippen LogP contribution in [0.5, 0.6) is 0 Å². The van der Waals surface area contributed by atoms with Crippen LogP contribution in [-0.4, -0.2) is 48.0 Å². The van der Waals surface area contributed by atoms with E-state index in [1.807, 2.05) is 16.7 Å². The average Bonchev–Trinajstić information content (AvgIpc) is 3.28. The molecule has 0 spiro atoms. The fourth-order valence-electron chi connectivity index (χ4n) is 3.84. The highest BCUT2D eigenvalue weighted by atomic mass is 32.1. The predicted octanol–water partition coefficient (Wildman–Crippen LogP) is 2.91. The summed E-state index contributed by atoms with van der Waals surface area (Å²) in [5, 5.41) is 24.1. The number of pyridine rings is 1. The summed E-state index contributed by atoms with van der Waals surface area (Å²) in [6.45, 7) is 0.569. The zero-order chi connectivity index (χ0) is 20.0. The van der Waals surface area contributed by atoms with Crippen molar-refractivity contribution in [3.8, 4) is 0 Å². The fourth-order valence-corrected chi connectivity index (χ4v) is 4.83. The van der Waals surface area contributed by atoms with Crippen molar-refractivity contribution in [1.29, 1.82) is 0 Å². The van der Waals surface area contributed by atoms with E-state index >= 15 is 0 Å². The average molecular weight is 413 g/mol. The highest BCUT2D eigenvalue weighted by Crippen LogP contribution is 2.30. The van der Waals surface area contributed by atoms with Crippen LogP contribution in [0.4, 0.5) is 9.52 Å². The van der Waals surface area contributed by atoms with Gasteiger partial charge in [-0.25, -0.2) is 19.3 Å². The molecule has 7 nitrogen and oxygen atoms in total. The van der Waals surface area contributed by atoms with Crippen molar-refractivity contribution in [2.75, 3.05) is 5.32 Å². The van der Waals surface area contributed by atoms with Crippen LogP contribution in [0.15, 0.2) is 36.8 Å². The Hall–Kier alpha value is -2.62. The third-order valence-corrected chi connectivity index (χ3v) is 6.31. The minimum Gasteiger partial charge on any atom is -0.390 e. The predicted molar refractivity (Wildman–Crippen MR) is 109 cm³/mol. The first-order valence-corrected chi connectivity index (χ1v) is 10.4. The quantitative estimate of drug-likeness (QED) is 0.476. The molecule has 4 aromatic rings. The number of rotatable bonds is 4. The number of imidazole rings is 1. The van der Waals surface area contributed by atoms with Crippen LogP contribution in [0.25, 0.3) is 21.4 Å². The number of hydrogen-bond donors (Lipinski definition) is 3. The molecule has 0 aliphatic heterocycles. The Morgan fingerprint density at radius 2 is 2.07 bits per heavy atom. The minimum atomic E-state index is -0.779. The second kappa shape index (κ2) is 7.33. The number of fused-ring (bicyclic) bond motifs is 2. The Labute approximate surface area is 169 Å². The minimum absolute atomic E-state index is 0.192. The number of nitrogens with zero attached hydrogens (tertiary/aromatic N) is 4. The van der Waals surface area contributed by atoms with E-state index < -0.39 is 18.0 Å². The molecule has 0 saturated heterocycles. The van der Waals surface area contributed by atoms with Gasteiger partial charge in [0.15, 0.2) is 10.8 Å². The molecule has 1 aliphatic rings. The summed E-state index contributed by atoms with van der Waals surface area (Å²) in [7, 11) is 0. The Bertz CT molecular complexity index is 1180. The summed E-state index contributed by atoms with van der Waals surface area (Å²) in [5.41, 5.74) is 3.11. The van der Waals surface area contributed by atoms with Gasteiger partial charge in [0.05, 0.1) is 47.5 Å². The van der Waals surface area contributed by atoms with Gasteiger partial charge in [0.2, 0.25) is 0 Å². The van der Waals surface area contributed by atoms with Gasteiger partial charge in [-0.05, 0) is 37.0 Å². The largest absolute Gasteiger partial charge is 0.390 e. The second-order valence-corrected chi connectivity index (χ2v) is 8.46. The number of hydrogen-bond acceptors (Lipinski definition) is 7. The SMILES string of the molecule is OC1CCCC(Nc2nc3ccc(Cn4cnc5cc(F)cnc54)cc3s2)C1O. The third kappa shape index (κ3) is 3.57. The molecule has 3 N–H and O–H groups in total. The first-order chi connectivity index (χ1) is 14.1. The Morgan fingerprint density at radius 1 is 1.17 bits per heavy atom. The molecule has 1 fully saturated rings. The summed E-state index contributed by atoms with van der Waals surface area (Å²) in [6, 6.07) is 7.22. The molecular weight excluding hydrogens is 393 g/mol. The van der Waals surface area contributed by atoms with Crippen LogP contribution < -0.4 is 5.32 Å². The number of thiazole rings is 1. The van der Waals surface area contributed by atoms with Gasteiger partial charge < -0.3 is 20.1 Å². The van der Waals surface area contributed by atoms with Crippen LogP contribution in [0.2, 0.25) is 0 Å². The van der Waals surface area contributed by atoms with Crippen molar-refractivity contribution in [2.24, 2.45) is 0 Å². The van der Waals surface area contributed by atoms with E-state index in [1.165, 1.54) is 23.6 Å². The molecule has 150 valence electrons. The highest BCUT2D eigenvalue weighted by Gasteiger charge is 2.30. The molecule has 0 radical (unpaired) electrons. The number of anilines is 1. The molecule has 5 rings (SSSR count). The zero-order valence-corrected chi connectivity index (χ0v) is 16.3. The van der Waals surface area contributed by atoms with Gasteiger partial charge in [0, 0.05) is 6.07 Å². The van der Waals surface area contributed by atoms with Gasteiger partial charge in [0.25, 0.3) is 0 Å². The molecule has 1 aliphatic carbocycles. The van der Waals surface area contributed by atoms with Gasteiger partial charge >= 0.3 is 0 Å². The maximum absolute atomic E-state index is 13.3. The standard InChI is InChI=1S/C20H20FN5O2S/c21-12-7-15-19(22-8-12)26(10-23-15)9-11-4-5-13-17(6-11)29-20(24-13)25-14-2-1-3-16(27)18(14)28/h4-8,10,14,16,18,27-28H,1-3,9H2,(H,24,25). The van der Waals surface area contributed by atoms with Gasteiger partial charge in [0.1, 0.15) is 11.3 Å². The second-order valence-electron chi connectivity index (χ2n) is 7.43. The number of aromatic nitrogens is 4. The van der Waals surface area contributed by atoms with Crippen molar-refractivity contribution >= 4 is 37.8 Å². The highest BCUT2D eigenvalue weighted by molar-refractivity contribution is 7.22. The van der Waals surface area contributed by atoms with E-state index in [0.717, 1.165) is 33.8 Å². The molecule has 3 unspecified atom stereocenters. The first-order valence-electron chi connectivity index (χ1n) is 9.55. The lowest BCUT2D eigenvalue weighted by atomic mass is 9.90. The summed E-state index contributed by atoms with van der Waals surface area (Å²) in [6.07, 6.45) is 3.71. The fraction of sp³-hybridized carbons (Fsp3) is 0.350. The molecule has 0 bridgehead atoms. The number of nitrogens with one attached hydrogen (secondary N) is 1. The Balaban J connectivity index is 1.37. The molecule has 3 heterocycles. The van der Waals surface area contributed by atoms with E-state index in [9.17, 15) is 14.6 Å². The van der Waals surface area contributed by atoms with Crippen LogP contribution in [0.1, 0.15) is 24.8 Å². The summed E-state index contributed by atoms with van der Waals surface area (Å²) in [5.74, 6) is -0.399. The summed E-state index contributed by atoms with van der Waals surface area (Å²) < 4.78 is 16.2. The summed E-state index contributed by atoms with van der Waals surface area (Å²) in [4.78, 5) is 13.0. The lowest BCUT2D eigenvalue weighted by molar-refractivity contribution is -0.0161. The summed E-state index contributed by atoms with van der Waals surface area (Å²) >= 11 is 1.52. The molecule has 1 aromatic carbocycles. The molecule has 9 heteroatoms. The van der Waals surface area contributed by atoms with Crippen molar-refractivity contribution < 1.29 is 14.6 Å². The van der Waals surface area contributed by atoms with Crippen LogP contribution >= 0.6 is 11.3 Å². The van der Waals surface area contributed by atoms with Gasteiger partial charge in [-0.15, -0.1) is 0 Å². The third-order valence-electron chi connectivity index (χ3n) is 5.36. The van der Waals surface area contributed by atoms with Gasteiger partial charge in [-0.1, -0.05) is 17.4 Å². The van der Waals surface area contributed by atoms with Crippen LogP contribution in [-0.2, 0) is 6.54 Å². The Morgan fingerprint density at radius 3 is 2.97 bits per heavy atom. The van der Waals surface area contributed by atoms with Crippen molar-refractivity contribution in [2.45, 2.75) is 44.1 Å². The van der Waals surface area contributed by atoms with Gasteiger partial charge in [-0.3, -0.25) is 0 Å². The van der Waals surface area contributed by atoms with Crippen LogP contribution in [0.3, 0.4) is 0 Å². The normalized spacial score (nSPS) is 22.4. The Kier molecular flexibility index (Phi) is 4.65. The first kappa shape index (κ1) is 18.4. The van der Waals surface area contributed by atoms with E-state index in [-0.39, 0.29) is 6.04 Å².